The molecular weight excluding hydrogens is 370 g/mol. The van der Waals surface area contributed by atoms with Crippen molar-refractivity contribution < 1.29 is 9.32 Å². The van der Waals surface area contributed by atoms with E-state index in [1.165, 1.54) is 12.7 Å². The molecule has 9 nitrogen and oxygen atoms in total. The molecule has 140 valence electrons. The average Bonchev–Trinajstić information content (AvgIpc) is 3.36. The molecule has 1 atom stereocenters. The van der Waals surface area contributed by atoms with Crippen LogP contribution in [-0.2, 0) is 4.79 Å². The Morgan fingerprint density at radius 3 is 3.07 bits per heavy atom. The highest BCUT2D eigenvalue weighted by Crippen LogP contribution is 2.29. The smallest absolute Gasteiger partial charge is 0.238 e. The minimum Gasteiger partial charge on any atom is -0.343 e. The van der Waals surface area contributed by atoms with Crippen LogP contribution in [0, 0.1) is 0 Å². The fourth-order valence-corrected chi connectivity index (χ4v) is 3.49. The summed E-state index contributed by atoms with van der Waals surface area (Å²) in [5, 5.41) is 11.5. The molecule has 1 N–H and O–H groups in total. The first-order chi connectivity index (χ1) is 13.2. The number of likely N-dealkylation sites (tertiary alicyclic amines) is 1. The normalized spacial score (nSPS) is 17.7. The van der Waals surface area contributed by atoms with Gasteiger partial charge in [-0.3, -0.25) is 9.69 Å². The first kappa shape index (κ1) is 17.6. The number of hydrogen-bond acceptors (Lipinski definition) is 7. The maximum absolute atomic E-state index is 12.7. The van der Waals surface area contributed by atoms with Gasteiger partial charge in [-0.25, -0.2) is 9.67 Å². The van der Waals surface area contributed by atoms with E-state index in [2.05, 4.69) is 30.4 Å². The van der Waals surface area contributed by atoms with Gasteiger partial charge in [0, 0.05) is 5.02 Å². The largest absolute Gasteiger partial charge is 0.343 e. The van der Waals surface area contributed by atoms with E-state index < -0.39 is 0 Å². The van der Waals surface area contributed by atoms with Crippen molar-refractivity contribution in [3.05, 3.63) is 48.1 Å². The van der Waals surface area contributed by atoms with Crippen LogP contribution in [0.15, 0.2) is 41.8 Å². The van der Waals surface area contributed by atoms with E-state index in [9.17, 15) is 4.79 Å². The SMILES string of the molecule is O=C(CN1CCCCC1c1ncon1)Nc1cc(Cl)ccc1-n1cncn1. The predicted octanol–water partition coefficient (Wildman–Crippen LogP) is 2.47. The summed E-state index contributed by atoms with van der Waals surface area (Å²) in [7, 11) is 0. The van der Waals surface area contributed by atoms with Crippen LogP contribution in [0.1, 0.15) is 31.1 Å². The van der Waals surface area contributed by atoms with Gasteiger partial charge in [-0.1, -0.05) is 23.2 Å². The molecule has 0 aliphatic carbocycles. The molecule has 0 spiro atoms. The van der Waals surface area contributed by atoms with Crippen LogP contribution in [0.4, 0.5) is 5.69 Å². The molecule has 0 saturated carbocycles. The van der Waals surface area contributed by atoms with Crippen molar-refractivity contribution in [3.8, 4) is 5.69 Å². The van der Waals surface area contributed by atoms with E-state index in [0.717, 1.165) is 25.8 Å². The maximum Gasteiger partial charge on any atom is 0.238 e. The van der Waals surface area contributed by atoms with Crippen molar-refractivity contribution in [2.45, 2.75) is 25.3 Å². The van der Waals surface area contributed by atoms with Crippen LogP contribution < -0.4 is 5.32 Å². The number of carbonyl (C=O) groups excluding carboxylic acids is 1. The predicted molar refractivity (Wildman–Crippen MR) is 97.5 cm³/mol. The van der Waals surface area contributed by atoms with Gasteiger partial charge in [0.2, 0.25) is 12.3 Å². The molecule has 1 saturated heterocycles. The molecule has 1 aliphatic rings. The van der Waals surface area contributed by atoms with Crippen LogP contribution in [0.2, 0.25) is 5.02 Å². The van der Waals surface area contributed by atoms with Crippen LogP contribution >= 0.6 is 11.6 Å². The number of anilines is 1. The second-order valence-corrected chi connectivity index (χ2v) is 6.76. The average molecular weight is 388 g/mol. The van der Waals surface area contributed by atoms with Gasteiger partial charge in [0.15, 0.2) is 5.82 Å². The quantitative estimate of drug-likeness (QED) is 0.717. The number of aromatic nitrogens is 5. The summed E-state index contributed by atoms with van der Waals surface area (Å²) in [6.07, 6.45) is 7.32. The summed E-state index contributed by atoms with van der Waals surface area (Å²) in [5.74, 6) is 0.475. The number of nitrogens with one attached hydrogen (secondary N) is 1. The molecule has 3 heterocycles. The topological polar surface area (TPSA) is 102 Å². The zero-order valence-electron chi connectivity index (χ0n) is 14.5. The van der Waals surface area contributed by atoms with E-state index in [4.69, 9.17) is 16.1 Å². The minimum atomic E-state index is -0.144. The highest BCUT2D eigenvalue weighted by Gasteiger charge is 2.28. The van der Waals surface area contributed by atoms with Crippen LogP contribution in [-0.4, -0.2) is 48.8 Å². The second kappa shape index (κ2) is 7.85. The Hall–Kier alpha value is -2.78. The van der Waals surface area contributed by atoms with Crippen LogP contribution in [0.3, 0.4) is 0 Å². The van der Waals surface area contributed by atoms with Gasteiger partial charge in [-0.05, 0) is 37.6 Å². The van der Waals surface area contributed by atoms with Crippen molar-refractivity contribution in [3.63, 3.8) is 0 Å². The lowest BCUT2D eigenvalue weighted by Crippen LogP contribution is -2.39. The summed E-state index contributed by atoms with van der Waals surface area (Å²) in [6, 6.07) is 5.21. The fourth-order valence-electron chi connectivity index (χ4n) is 3.31. The van der Waals surface area contributed by atoms with E-state index in [1.54, 1.807) is 29.2 Å². The number of benzene rings is 1. The Morgan fingerprint density at radius 1 is 1.37 bits per heavy atom. The first-order valence-corrected chi connectivity index (χ1v) is 9.03. The fraction of sp³-hybridized carbons (Fsp3) is 0.353. The van der Waals surface area contributed by atoms with E-state index in [0.29, 0.717) is 22.2 Å². The number of rotatable bonds is 5. The molecular formula is C17H18ClN7O2. The third-order valence-electron chi connectivity index (χ3n) is 4.54. The summed E-state index contributed by atoms with van der Waals surface area (Å²) >= 11 is 6.11. The summed E-state index contributed by atoms with van der Waals surface area (Å²) in [4.78, 5) is 22.9. The zero-order chi connectivity index (χ0) is 18.6. The highest BCUT2D eigenvalue weighted by atomic mass is 35.5. The highest BCUT2D eigenvalue weighted by molar-refractivity contribution is 6.31. The van der Waals surface area contributed by atoms with Crippen molar-refractivity contribution in [1.82, 2.24) is 29.8 Å². The Balaban J connectivity index is 1.50. The first-order valence-electron chi connectivity index (χ1n) is 8.65. The Kier molecular flexibility index (Phi) is 5.12. The number of halogens is 1. The molecule has 3 aromatic rings. The summed E-state index contributed by atoms with van der Waals surface area (Å²) in [5.41, 5.74) is 1.27. The van der Waals surface area contributed by atoms with Gasteiger partial charge < -0.3 is 9.84 Å². The minimum absolute atomic E-state index is 0.0163. The maximum atomic E-state index is 12.7. The van der Waals surface area contributed by atoms with Gasteiger partial charge in [-0.15, -0.1) is 0 Å². The molecule has 1 aliphatic heterocycles. The molecule has 27 heavy (non-hydrogen) atoms. The van der Waals surface area contributed by atoms with Crippen LogP contribution in [0.25, 0.3) is 5.69 Å². The number of nitrogens with zero attached hydrogens (tertiary/aromatic N) is 6. The summed E-state index contributed by atoms with van der Waals surface area (Å²) in [6.45, 7) is 1.03. The molecule has 1 aromatic carbocycles. The Bertz CT molecular complexity index is 898. The lowest BCUT2D eigenvalue weighted by molar-refractivity contribution is -0.118. The van der Waals surface area contributed by atoms with Gasteiger partial charge in [0.1, 0.15) is 12.7 Å². The van der Waals surface area contributed by atoms with Crippen molar-refractivity contribution in [2.75, 3.05) is 18.4 Å². The molecule has 4 rings (SSSR count). The number of carbonyl (C=O) groups is 1. The third-order valence-corrected chi connectivity index (χ3v) is 4.77. The zero-order valence-corrected chi connectivity index (χ0v) is 15.2. The number of hydrogen-bond donors (Lipinski definition) is 1. The molecule has 0 bridgehead atoms. The van der Waals surface area contributed by atoms with E-state index in [1.807, 2.05) is 0 Å². The van der Waals surface area contributed by atoms with Crippen molar-refractivity contribution in [1.29, 1.82) is 0 Å². The third kappa shape index (κ3) is 3.99. The van der Waals surface area contributed by atoms with Gasteiger partial charge in [0.25, 0.3) is 0 Å². The molecule has 2 aromatic heterocycles. The Labute approximate surface area is 160 Å². The van der Waals surface area contributed by atoms with E-state index in [-0.39, 0.29) is 18.5 Å². The van der Waals surface area contributed by atoms with Gasteiger partial charge in [0.05, 0.1) is 24.0 Å². The molecule has 0 radical (unpaired) electrons. The van der Waals surface area contributed by atoms with Crippen LogP contribution in [0.5, 0.6) is 0 Å². The second-order valence-electron chi connectivity index (χ2n) is 6.32. The Morgan fingerprint density at radius 2 is 2.30 bits per heavy atom. The van der Waals surface area contributed by atoms with E-state index >= 15 is 0 Å². The monoisotopic (exact) mass is 387 g/mol. The number of piperidine rings is 1. The lowest BCUT2D eigenvalue weighted by atomic mass is 10.0. The van der Waals surface area contributed by atoms with Gasteiger partial charge >= 0.3 is 0 Å². The molecule has 10 heteroatoms. The molecule has 1 fully saturated rings. The molecule has 1 amide bonds. The number of amides is 1. The van der Waals surface area contributed by atoms with Gasteiger partial charge in [-0.2, -0.15) is 10.1 Å². The summed E-state index contributed by atoms with van der Waals surface area (Å²) < 4.78 is 6.45. The molecule has 1 unspecified atom stereocenters. The van der Waals surface area contributed by atoms with Crippen molar-refractivity contribution in [2.24, 2.45) is 0 Å². The lowest BCUT2D eigenvalue weighted by Gasteiger charge is -2.33. The standard InChI is InChI=1S/C17H18ClN7O2/c18-12-4-5-14(25-10-19-9-21-25)13(7-12)22-16(26)8-24-6-2-1-3-15(24)17-20-11-27-23-17/h4-5,7,9-11,15H,1-3,6,8H2,(H,22,26). The van der Waals surface area contributed by atoms with Crippen molar-refractivity contribution >= 4 is 23.2 Å².